The van der Waals surface area contributed by atoms with Crippen LogP contribution in [0.25, 0.3) is 0 Å². The van der Waals surface area contributed by atoms with Gasteiger partial charge in [-0.3, -0.25) is 4.79 Å². The predicted molar refractivity (Wildman–Crippen MR) is 72.0 cm³/mol. The van der Waals surface area contributed by atoms with Crippen LogP contribution >= 0.6 is 0 Å². The zero-order valence-electron chi connectivity index (χ0n) is 11.6. The molecule has 0 aliphatic carbocycles. The average Bonchev–Trinajstić information content (AvgIpc) is 2.36. The third kappa shape index (κ3) is 5.87. The average molecular weight is 286 g/mol. The molecule has 114 valence electrons. The molecule has 20 heavy (non-hydrogen) atoms. The third-order valence-electron chi connectivity index (χ3n) is 3.40. The number of rotatable bonds is 6. The number of carbonyl (C=O) groups is 3. The Morgan fingerprint density at radius 1 is 1.35 bits per heavy atom. The number of piperidine rings is 1. The SMILES string of the molecule is CN1CCC(CNC(=O)NC(CC(N)=O)C(=O)O)CC1. The first-order valence-corrected chi connectivity index (χ1v) is 6.62. The summed E-state index contributed by atoms with van der Waals surface area (Å²) in [5.41, 5.74) is 4.93. The molecule has 8 nitrogen and oxygen atoms in total. The van der Waals surface area contributed by atoms with Crippen LogP contribution in [0.3, 0.4) is 0 Å². The summed E-state index contributed by atoms with van der Waals surface area (Å²) in [6.45, 7) is 2.49. The Labute approximate surface area is 117 Å². The minimum absolute atomic E-state index is 0.399. The summed E-state index contributed by atoms with van der Waals surface area (Å²) in [4.78, 5) is 35.4. The van der Waals surface area contributed by atoms with Crippen LogP contribution in [0.1, 0.15) is 19.3 Å². The van der Waals surface area contributed by atoms with E-state index in [2.05, 4.69) is 22.6 Å². The predicted octanol–water partition coefficient (Wildman–Crippen LogP) is -1.04. The van der Waals surface area contributed by atoms with Gasteiger partial charge in [0.25, 0.3) is 0 Å². The van der Waals surface area contributed by atoms with Gasteiger partial charge in [0.2, 0.25) is 5.91 Å². The number of hydrogen-bond donors (Lipinski definition) is 4. The fourth-order valence-electron chi connectivity index (χ4n) is 2.11. The first-order valence-electron chi connectivity index (χ1n) is 6.62. The summed E-state index contributed by atoms with van der Waals surface area (Å²) in [7, 11) is 2.05. The largest absolute Gasteiger partial charge is 0.480 e. The van der Waals surface area contributed by atoms with E-state index in [9.17, 15) is 14.4 Å². The number of nitrogens with one attached hydrogen (secondary N) is 2. The number of nitrogens with two attached hydrogens (primary N) is 1. The van der Waals surface area contributed by atoms with E-state index in [1.54, 1.807) is 0 Å². The lowest BCUT2D eigenvalue weighted by Gasteiger charge is -2.29. The number of primary amides is 1. The zero-order chi connectivity index (χ0) is 15.1. The molecule has 0 bridgehead atoms. The second-order valence-electron chi connectivity index (χ2n) is 5.16. The van der Waals surface area contributed by atoms with Crippen LogP contribution in [0, 0.1) is 5.92 Å². The molecule has 0 aromatic carbocycles. The maximum atomic E-state index is 11.6. The number of hydrogen-bond acceptors (Lipinski definition) is 4. The van der Waals surface area contributed by atoms with Crippen LogP contribution < -0.4 is 16.4 Å². The zero-order valence-corrected chi connectivity index (χ0v) is 11.6. The van der Waals surface area contributed by atoms with E-state index in [4.69, 9.17) is 10.8 Å². The van der Waals surface area contributed by atoms with Gasteiger partial charge < -0.3 is 26.4 Å². The van der Waals surface area contributed by atoms with Crippen LogP contribution in [0.5, 0.6) is 0 Å². The lowest BCUT2D eigenvalue weighted by Crippen LogP contribution is -2.49. The Kier molecular flexibility index (Phi) is 6.23. The number of amides is 3. The minimum atomic E-state index is -1.29. The van der Waals surface area contributed by atoms with Crippen molar-refractivity contribution in [2.45, 2.75) is 25.3 Å². The normalized spacial score (nSPS) is 18.2. The number of aliphatic carboxylic acids is 1. The van der Waals surface area contributed by atoms with Crippen LogP contribution in [0.15, 0.2) is 0 Å². The first kappa shape index (κ1) is 16.2. The molecule has 0 aromatic rings. The standard InChI is InChI=1S/C12H22N4O4/c1-16-4-2-8(3-5-16)7-14-12(20)15-9(11(18)19)6-10(13)17/h8-9H,2-7H2,1H3,(H2,13,17)(H,18,19)(H2,14,15,20). The summed E-state index contributed by atoms with van der Waals surface area (Å²) in [6.07, 6.45) is 1.58. The third-order valence-corrected chi connectivity index (χ3v) is 3.40. The van der Waals surface area contributed by atoms with E-state index in [-0.39, 0.29) is 0 Å². The lowest BCUT2D eigenvalue weighted by atomic mass is 9.97. The highest BCUT2D eigenvalue weighted by molar-refractivity contribution is 5.87. The lowest BCUT2D eigenvalue weighted by molar-refractivity contribution is -0.140. The van der Waals surface area contributed by atoms with Gasteiger partial charge >= 0.3 is 12.0 Å². The highest BCUT2D eigenvalue weighted by Crippen LogP contribution is 2.14. The van der Waals surface area contributed by atoms with Gasteiger partial charge in [0.05, 0.1) is 6.42 Å². The molecule has 0 radical (unpaired) electrons. The number of urea groups is 1. The maximum absolute atomic E-state index is 11.6. The van der Waals surface area contributed by atoms with Crippen LogP contribution in [0.4, 0.5) is 4.79 Å². The van der Waals surface area contributed by atoms with Crippen molar-refractivity contribution in [1.82, 2.24) is 15.5 Å². The molecular weight excluding hydrogens is 264 g/mol. The van der Waals surface area contributed by atoms with Crippen molar-refractivity contribution >= 4 is 17.9 Å². The van der Waals surface area contributed by atoms with Crippen molar-refractivity contribution < 1.29 is 19.5 Å². The second-order valence-corrected chi connectivity index (χ2v) is 5.16. The van der Waals surface area contributed by atoms with Crippen molar-refractivity contribution in [2.24, 2.45) is 11.7 Å². The monoisotopic (exact) mass is 286 g/mol. The molecule has 1 rings (SSSR count). The van der Waals surface area contributed by atoms with Gasteiger partial charge in [-0.1, -0.05) is 0 Å². The molecule has 1 aliphatic heterocycles. The Morgan fingerprint density at radius 3 is 2.45 bits per heavy atom. The topological polar surface area (TPSA) is 125 Å². The molecule has 1 fully saturated rings. The first-order chi connectivity index (χ1) is 9.38. The van der Waals surface area contributed by atoms with E-state index in [0.29, 0.717) is 12.5 Å². The van der Waals surface area contributed by atoms with Crippen molar-refractivity contribution in [2.75, 3.05) is 26.7 Å². The molecular formula is C12H22N4O4. The highest BCUT2D eigenvalue weighted by atomic mass is 16.4. The van der Waals surface area contributed by atoms with Crippen LogP contribution in [-0.4, -0.2) is 60.6 Å². The van der Waals surface area contributed by atoms with Crippen molar-refractivity contribution in [3.05, 3.63) is 0 Å². The molecule has 3 amide bonds. The minimum Gasteiger partial charge on any atom is -0.480 e. The number of carboxylic acid groups (broad SMARTS) is 1. The Hall–Kier alpha value is -1.83. The van der Waals surface area contributed by atoms with Crippen LogP contribution in [-0.2, 0) is 9.59 Å². The van der Waals surface area contributed by atoms with Gasteiger partial charge in [0.1, 0.15) is 6.04 Å². The molecule has 0 saturated carbocycles. The van der Waals surface area contributed by atoms with Gasteiger partial charge in [-0.05, 0) is 38.9 Å². The fraction of sp³-hybridized carbons (Fsp3) is 0.750. The van der Waals surface area contributed by atoms with Gasteiger partial charge in [0.15, 0.2) is 0 Å². The molecule has 8 heteroatoms. The number of likely N-dealkylation sites (tertiary alicyclic amines) is 1. The van der Waals surface area contributed by atoms with Gasteiger partial charge in [-0.15, -0.1) is 0 Å². The van der Waals surface area contributed by atoms with Gasteiger partial charge in [-0.2, -0.15) is 0 Å². The Balaban J connectivity index is 2.31. The quantitative estimate of drug-likeness (QED) is 0.496. The molecule has 5 N–H and O–H groups in total. The van der Waals surface area contributed by atoms with Gasteiger partial charge in [-0.25, -0.2) is 9.59 Å². The molecule has 1 unspecified atom stereocenters. The number of nitrogens with zero attached hydrogens (tertiary/aromatic N) is 1. The Bertz CT molecular complexity index is 366. The van der Waals surface area contributed by atoms with Gasteiger partial charge in [0, 0.05) is 6.54 Å². The molecule has 0 spiro atoms. The molecule has 0 aromatic heterocycles. The summed E-state index contributed by atoms with van der Waals surface area (Å²) >= 11 is 0. The fourth-order valence-corrected chi connectivity index (χ4v) is 2.11. The number of carbonyl (C=O) groups excluding carboxylic acids is 2. The van der Waals surface area contributed by atoms with E-state index in [1.165, 1.54) is 0 Å². The van der Waals surface area contributed by atoms with Crippen molar-refractivity contribution in [3.63, 3.8) is 0 Å². The second kappa shape index (κ2) is 7.68. The highest BCUT2D eigenvalue weighted by Gasteiger charge is 2.23. The summed E-state index contributed by atoms with van der Waals surface area (Å²) in [5, 5.41) is 13.7. The summed E-state index contributed by atoms with van der Waals surface area (Å²) < 4.78 is 0. The summed E-state index contributed by atoms with van der Waals surface area (Å²) in [6, 6.07) is -1.87. The summed E-state index contributed by atoms with van der Waals surface area (Å²) in [5.74, 6) is -1.65. The molecule has 1 aliphatic rings. The maximum Gasteiger partial charge on any atom is 0.326 e. The Morgan fingerprint density at radius 2 is 1.95 bits per heavy atom. The number of carboxylic acids is 1. The van der Waals surface area contributed by atoms with Crippen LogP contribution in [0.2, 0.25) is 0 Å². The van der Waals surface area contributed by atoms with Crippen molar-refractivity contribution in [3.8, 4) is 0 Å². The molecule has 1 atom stereocenters. The van der Waals surface area contributed by atoms with E-state index in [0.717, 1.165) is 25.9 Å². The van der Waals surface area contributed by atoms with E-state index >= 15 is 0 Å². The van der Waals surface area contributed by atoms with Crippen molar-refractivity contribution in [1.29, 1.82) is 0 Å². The molecule has 1 heterocycles. The van der Waals surface area contributed by atoms with E-state index in [1.807, 2.05) is 0 Å². The molecule has 1 saturated heterocycles. The smallest absolute Gasteiger partial charge is 0.326 e. The van der Waals surface area contributed by atoms with E-state index < -0.39 is 30.4 Å².